The number of hydrogen-bond acceptors (Lipinski definition) is 2. The van der Waals surface area contributed by atoms with E-state index in [-0.39, 0.29) is 6.03 Å². The first-order valence-electron chi connectivity index (χ1n) is 8.15. The second kappa shape index (κ2) is 7.54. The monoisotopic (exact) mass is 484 g/mol. The van der Waals surface area contributed by atoms with Crippen LogP contribution in [-0.2, 0) is 0 Å². The molecule has 0 aliphatic carbocycles. The van der Waals surface area contributed by atoms with Gasteiger partial charge in [-0.05, 0) is 58.4 Å². The minimum Gasteiger partial charge on any atom is -0.308 e. The van der Waals surface area contributed by atoms with Crippen LogP contribution in [0.2, 0.25) is 0 Å². The average Bonchev–Trinajstić information content (AvgIpc) is 3.05. The number of imidazole rings is 1. The number of rotatable bonds is 3. The van der Waals surface area contributed by atoms with Crippen molar-refractivity contribution in [2.45, 2.75) is 0 Å². The van der Waals surface area contributed by atoms with Crippen LogP contribution < -0.4 is 10.6 Å². The van der Waals surface area contributed by atoms with Gasteiger partial charge in [-0.25, -0.2) is 9.78 Å². The van der Waals surface area contributed by atoms with Crippen LogP contribution in [0.1, 0.15) is 0 Å². The number of hydrogen-bond donors (Lipinski definition) is 2. The molecule has 2 aromatic heterocycles. The lowest BCUT2D eigenvalue weighted by atomic mass is 10.1. The van der Waals surface area contributed by atoms with Gasteiger partial charge in [-0.15, -0.1) is 0 Å². The van der Waals surface area contributed by atoms with Crippen LogP contribution in [0.3, 0.4) is 0 Å². The highest BCUT2D eigenvalue weighted by molar-refractivity contribution is 9.10. The van der Waals surface area contributed by atoms with Gasteiger partial charge in [0.2, 0.25) is 0 Å². The fourth-order valence-electron chi connectivity index (χ4n) is 2.72. The number of carbonyl (C=O) groups is 1. The molecule has 7 heteroatoms. The van der Waals surface area contributed by atoms with E-state index in [2.05, 4.69) is 47.5 Å². The van der Waals surface area contributed by atoms with Crippen LogP contribution in [-0.4, -0.2) is 15.4 Å². The van der Waals surface area contributed by atoms with Crippen molar-refractivity contribution in [3.05, 3.63) is 82.0 Å². The van der Waals surface area contributed by atoms with Crippen LogP contribution in [0.15, 0.2) is 82.0 Å². The Hall–Kier alpha value is -2.64. The SMILES string of the molecule is O=C(Nc1cccc(Br)c1)Nc1cccc(-c2cn3cc(Br)ccc3n2)c1. The first kappa shape index (κ1) is 17.8. The second-order valence-corrected chi connectivity index (χ2v) is 7.74. The highest BCUT2D eigenvalue weighted by atomic mass is 79.9. The molecule has 2 aromatic carbocycles. The standard InChI is InChI=1S/C20H14Br2N4O/c21-14-4-2-6-17(10-14)24-20(27)23-16-5-1-3-13(9-16)18-12-26-11-15(22)7-8-19(26)25-18/h1-12H,(H2,23,24,27). The Morgan fingerprint density at radius 1 is 0.852 bits per heavy atom. The fourth-order valence-corrected chi connectivity index (χ4v) is 3.47. The number of halogens is 2. The molecule has 5 nitrogen and oxygen atoms in total. The molecule has 0 radical (unpaired) electrons. The molecule has 2 heterocycles. The van der Waals surface area contributed by atoms with Crippen molar-refractivity contribution in [2.24, 2.45) is 0 Å². The van der Waals surface area contributed by atoms with Gasteiger partial charge in [0.15, 0.2) is 0 Å². The quantitative estimate of drug-likeness (QED) is 0.364. The molecule has 4 aromatic rings. The third-order valence-electron chi connectivity index (χ3n) is 3.91. The van der Waals surface area contributed by atoms with Crippen LogP contribution >= 0.6 is 31.9 Å². The first-order chi connectivity index (χ1) is 13.1. The summed E-state index contributed by atoms with van der Waals surface area (Å²) in [7, 11) is 0. The molecule has 0 unspecified atom stereocenters. The van der Waals surface area contributed by atoms with Gasteiger partial charge in [-0.3, -0.25) is 0 Å². The van der Waals surface area contributed by atoms with Crippen molar-refractivity contribution in [1.82, 2.24) is 9.38 Å². The Morgan fingerprint density at radius 3 is 2.37 bits per heavy atom. The average molecular weight is 486 g/mol. The maximum absolute atomic E-state index is 12.3. The van der Waals surface area contributed by atoms with Crippen molar-refractivity contribution in [3.63, 3.8) is 0 Å². The van der Waals surface area contributed by atoms with Crippen molar-refractivity contribution >= 4 is 54.9 Å². The Kier molecular flexibility index (Phi) is 4.96. The largest absolute Gasteiger partial charge is 0.323 e. The minimum absolute atomic E-state index is 0.302. The molecule has 2 amide bonds. The van der Waals surface area contributed by atoms with Gasteiger partial charge in [0.1, 0.15) is 5.65 Å². The van der Waals surface area contributed by atoms with E-state index in [1.54, 1.807) is 0 Å². The Morgan fingerprint density at radius 2 is 1.59 bits per heavy atom. The van der Waals surface area contributed by atoms with E-state index in [0.717, 1.165) is 25.8 Å². The molecule has 0 fully saturated rings. The predicted molar refractivity (Wildman–Crippen MR) is 115 cm³/mol. The molecule has 134 valence electrons. The summed E-state index contributed by atoms with van der Waals surface area (Å²) in [5, 5.41) is 5.67. The molecule has 27 heavy (non-hydrogen) atoms. The molecule has 0 aliphatic heterocycles. The zero-order valence-corrected chi connectivity index (χ0v) is 17.2. The van der Waals surface area contributed by atoms with Crippen molar-refractivity contribution < 1.29 is 4.79 Å². The zero-order valence-electron chi connectivity index (χ0n) is 14.0. The van der Waals surface area contributed by atoms with E-state index in [1.807, 2.05) is 77.5 Å². The van der Waals surface area contributed by atoms with Crippen molar-refractivity contribution in [1.29, 1.82) is 0 Å². The summed E-state index contributed by atoms with van der Waals surface area (Å²) in [5.74, 6) is 0. The van der Waals surface area contributed by atoms with Gasteiger partial charge in [0, 0.05) is 38.3 Å². The molecule has 0 saturated heterocycles. The first-order valence-corrected chi connectivity index (χ1v) is 9.74. The molecule has 2 N–H and O–H groups in total. The van der Waals surface area contributed by atoms with Gasteiger partial charge in [0.05, 0.1) is 5.69 Å². The molecular formula is C20H14Br2N4O. The van der Waals surface area contributed by atoms with E-state index < -0.39 is 0 Å². The molecule has 0 bridgehead atoms. The predicted octanol–water partition coefficient (Wildman–Crippen LogP) is 6.17. The van der Waals surface area contributed by atoms with E-state index in [0.29, 0.717) is 11.4 Å². The number of aromatic nitrogens is 2. The lowest BCUT2D eigenvalue weighted by molar-refractivity contribution is 0.262. The maximum atomic E-state index is 12.3. The highest BCUT2D eigenvalue weighted by Crippen LogP contribution is 2.24. The second-order valence-electron chi connectivity index (χ2n) is 5.91. The third-order valence-corrected chi connectivity index (χ3v) is 4.88. The lowest BCUT2D eigenvalue weighted by Gasteiger charge is -2.09. The number of nitrogens with one attached hydrogen (secondary N) is 2. The highest BCUT2D eigenvalue weighted by Gasteiger charge is 2.08. The summed E-state index contributed by atoms with van der Waals surface area (Å²) in [4.78, 5) is 16.9. The number of benzene rings is 2. The summed E-state index contributed by atoms with van der Waals surface area (Å²) >= 11 is 6.85. The maximum Gasteiger partial charge on any atom is 0.323 e. The fraction of sp³-hybridized carbons (Fsp3) is 0. The Balaban J connectivity index is 1.53. The van der Waals surface area contributed by atoms with E-state index in [1.165, 1.54) is 0 Å². The number of pyridine rings is 1. The summed E-state index contributed by atoms with van der Waals surface area (Å²) in [5.41, 5.74) is 4.03. The van der Waals surface area contributed by atoms with Gasteiger partial charge >= 0.3 is 6.03 Å². The molecule has 0 aliphatic rings. The van der Waals surface area contributed by atoms with E-state index in [4.69, 9.17) is 0 Å². The van der Waals surface area contributed by atoms with Gasteiger partial charge in [-0.1, -0.05) is 34.1 Å². The smallest absolute Gasteiger partial charge is 0.308 e. The zero-order chi connectivity index (χ0) is 18.8. The minimum atomic E-state index is -0.302. The number of nitrogens with zero attached hydrogens (tertiary/aromatic N) is 2. The summed E-state index contributed by atoms with van der Waals surface area (Å²) in [6.07, 6.45) is 3.92. The number of urea groups is 1. The number of fused-ring (bicyclic) bond motifs is 1. The van der Waals surface area contributed by atoms with Gasteiger partial charge in [-0.2, -0.15) is 0 Å². The summed E-state index contributed by atoms with van der Waals surface area (Å²) in [6.45, 7) is 0. The topological polar surface area (TPSA) is 58.4 Å². The van der Waals surface area contributed by atoms with Gasteiger partial charge in [0.25, 0.3) is 0 Å². The Labute approximate surface area is 172 Å². The van der Waals surface area contributed by atoms with Crippen LogP contribution in [0.25, 0.3) is 16.9 Å². The molecule has 0 spiro atoms. The van der Waals surface area contributed by atoms with Crippen molar-refractivity contribution in [2.75, 3.05) is 10.6 Å². The van der Waals surface area contributed by atoms with Crippen LogP contribution in [0.5, 0.6) is 0 Å². The lowest BCUT2D eigenvalue weighted by Crippen LogP contribution is -2.19. The normalized spacial score (nSPS) is 10.7. The number of anilines is 2. The molecule has 0 saturated carbocycles. The Bertz CT molecular complexity index is 1140. The third kappa shape index (κ3) is 4.20. The number of amides is 2. The van der Waals surface area contributed by atoms with E-state index in [9.17, 15) is 4.79 Å². The van der Waals surface area contributed by atoms with E-state index >= 15 is 0 Å². The molecule has 4 rings (SSSR count). The summed E-state index contributed by atoms with van der Waals surface area (Å²) in [6, 6.07) is 18.6. The summed E-state index contributed by atoms with van der Waals surface area (Å²) < 4.78 is 3.85. The molecule has 0 atom stereocenters. The van der Waals surface area contributed by atoms with Crippen molar-refractivity contribution in [3.8, 4) is 11.3 Å². The molecular weight excluding hydrogens is 472 g/mol. The van der Waals surface area contributed by atoms with Gasteiger partial charge < -0.3 is 15.0 Å². The van der Waals surface area contributed by atoms with Crippen LogP contribution in [0.4, 0.5) is 16.2 Å². The van der Waals surface area contributed by atoms with Crippen LogP contribution in [0, 0.1) is 0 Å². The number of carbonyl (C=O) groups excluding carboxylic acids is 1.